The van der Waals surface area contributed by atoms with Gasteiger partial charge in [0.25, 0.3) is 0 Å². The Bertz CT molecular complexity index is 595. The Morgan fingerprint density at radius 3 is 2.63 bits per heavy atom. The Kier molecular flexibility index (Phi) is 8.46. The summed E-state index contributed by atoms with van der Waals surface area (Å²) in [5.74, 6) is 2.52. The molecule has 2 heterocycles. The van der Waals surface area contributed by atoms with Crippen molar-refractivity contribution in [1.82, 2.24) is 30.3 Å². The maximum absolute atomic E-state index is 5.47. The Morgan fingerprint density at radius 2 is 2.00 bits per heavy atom. The van der Waals surface area contributed by atoms with Crippen molar-refractivity contribution in [2.24, 2.45) is 12.0 Å². The van der Waals surface area contributed by atoms with E-state index in [0.29, 0.717) is 6.54 Å². The van der Waals surface area contributed by atoms with Gasteiger partial charge in [0.2, 0.25) is 0 Å². The van der Waals surface area contributed by atoms with Crippen molar-refractivity contribution in [3.63, 3.8) is 0 Å². The van der Waals surface area contributed by atoms with Crippen LogP contribution in [-0.2, 0) is 23.1 Å². The molecule has 154 valence electrons. The summed E-state index contributed by atoms with van der Waals surface area (Å²) >= 11 is 0. The summed E-state index contributed by atoms with van der Waals surface area (Å²) in [4.78, 5) is 7.16. The van der Waals surface area contributed by atoms with Crippen molar-refractivity contribution in [1.29, 1.82) is 0 Å². The van der Waals surface area contributed by atoms with E-state index >= 15 is 0 Å². The lowest BCUT2D eigenvalue weighted by atomic mass is 10.0. The molecule has 0 bridgehead atoms. The van der Waals surface area contributed by atoms with Crippen LogP contribution in [0.15, 0.2) is 4.99 Å². The second-order valence-corrected chi connectivity index (χ2v) is 7.43. The molecule has 0 aliphatic carbocycles. The number of morpholine rings is 1. The van der Waals surface area contributed by atoms with E-state index in [1.54, 1.807) is 7.11 Å². The first-order valence-electron chi connectivity index (χ1n) is 9.63. The topological polar surface area (TPSA) is 88.8 Å². The number of methoxy groups -OCH3 is 1. The fourth-order valence-corrected chi connectivity index (χ4v) is 2.92. The summed E-state index contributed by atoms with van der Waals surface area (Å²) in [6.07, 6.45) is 0.924. The predicted molar refractivity (Wildman–Crippen MR) is 106 cm³/mol. The number of aliphatic imine (C=N–C) groups is 1. The van der Waals surface area contributed by atoms with E-state index in [0.717, 1.165) is 70.0 Å². The molecule has 1 fully saturated rings. The Morgan fingerprint density at radius 1 is 1.26 bits per heavy atom. The second-order valence-electron chi connectivity index (χ2n) is 7.43. The van der Waals surface area contributed by atoms with E-state index in [9.17, 15) is 0 Å². The lowest BCUT2D eigenvalue weighted by molar-refractivity contribution is -0.00834. The number of hydrogen-bond acceptors (Lipinski definition) is 6. The number of hydrogen-bond donors (Lipinski definition) is 2. The largest absolute Gasteiger partial charge is 0.385 e. The van der Waals surface area contributed by atoms with Gasteiger partial charge in [0.15, 0.2) is 11.8 Å². The highest BCUT2D eigenvalue weighted by Crippen LogP contribution is 2.15. The monoisotopic (exact) mass is 381 g/mol. The van der Waals surface area contributed by atoms with Crippen LogP contribution in [-0.4, -0.2) is 84.3 Å². The van der Waals surface area contributed by atoms with Crippen LogP contribution >= 0.6 is 0 Å². The van der Waals surface area contributed by atoms with Gasteiger partial charge in [-0.15, -0.1) is 10.2 Å². The molecule has 0 saturated carbocycles. The Hall–Kier alpha value is -1.71. The highest BCUT2D eigenvalue weighted by Gasteiger charge is 2.28. The first-order valence-corrected chi connectivity index (χ1v) is 9.63. The van der Waals surface area contributed by atoms with Gasteiger partial charge in [-0.1, -0.05) is 0 Å². The van der Waals surface area contributed by atoms with E-state index in [4.69, 9.17) is 14.5 Å². The SMILES string of the molecule is COCCCNC(=NCc1nnc(C)n1C)NCC(C)(C)N1CCOCC1. The molecule has 2 rings (SSSR count). The third kappa shape index (κ3) is 6.75. The molecule has 9 heteroatoms. The van der Waals surface area contributed by atoms with Gasteiger partial charge in [0.05, 0.1) is 13.2 Å². The minimum Gasteiger partial charge on any atom is -0.385 e. The first kappa shape index (κ1) is 21.6. The molecule has 9 nitrogen and oxygen atoms in total. The molecule has 0 atom stereocenters. The van der Waals surface area contributed by atoms with Crippen LogP contribution in [0, 0.1) is 6.92 Å². The second kappa shape index (κ2) is 10.6. The van der Waals surface area contributed by atoms with E-state index < -0.39 is 0 Å². The summed E-state index contributed by atoms with van der Waals surface area (Å²) in [6.45, 7) is 12.7. The molecular weight excluding hydrogens is 346 g/mol. The molecule has 0 amide bonds. The lowest BCUT2D eigenvalue weighted by Gasteiger charge is -2.41. The van der Waals surface area contributed by atoms with Gasteiger partial charge in [-0.2, -0.15) is 0 Å². The van der Waals surface area contributed by atoms with E-state index in [1.165, 1.54) is 0 Å². The van der Waals surface area contributed by atoms with Crippen LogP contribution in [0.4, 0.5) is 0 Å². The van der Waals surface area contributed by atoms with Crippen LogP contribution in [0.5, 0.6) is 0 Å². The molecule has 1 aromatic rings. The summed E-state index contributed by atoms with van der Waals surface area (Å²) < 4.78 is 12.6. The van der Waals surface area contributed by atoms with Gasteiger partial charge in [0.1, 0.15) is 12.4 Å². The highest BCUT2D eigenvalue weighted by molar-refractivity contribution is 5.79. The first-order chi connectivity index (χ1) is 12.9. The molecule has 2 N–H and O–H groups in total. The molecule has 27 heavy (non-hydrogen) atoms. The standard InChI is InChI=1S/C18H35N7O2/c1-15-22-23-16(24(15)4)13-20-17(19-7-6-10-26-5)21-14-18(2,3)25-8-11-27-12-9-25/h6-14H2,1-5H3,(H2,19,20,21). The van der Waals surface area contributed by atoms with Gasteiger partial charge in [-0.05, 0) is 27.2 Å². The number of rotatable bonds is 9. The van der Waals surface area contributed by atoms with Gasteiger partial charge < -0.3 is 24.7 Å². The third-order valence-corrected chi connectivity index (χ3v) is 4.93. The molecule has 0 aromatic carbocycles. The highest BCUT2D eigenvalue weighted by atomic mass is 16.5. The van der Waals surface area contributed by atoms with Crippen molar-refractivity contribution in [3.8, 4) is 0 Å². The number of aryl methyl sites for hydroxylation is 1. The van der Waals surface area contributed by atoms with Crippen LogP contribution in [0.1, 0.15) is 31.9 Å². The normalized spacial score (nSPS) is 16.6. The zero-order chi connectivity index (χ0) is 19.7. The molecule has 0 radical (unpaired) electrons. The zero-order valence-corrected chi connectivity index (χ0v) is 17.4. The zero-order valence-electron chi connectivity index (χ0n) is 17.4. The fraction of sp³-hybridized carbons (Fsp3) is 0.833. The summed E-state index contributed by atoms with van der Waals surface area (Å²) in [5, 5.41) is 15.2. The lowest BCUT2D eigenvalue weighted by Crippen LogP contribution is -2.56. The Labute approximate surface area is 162 Å². The average Bonchev–Trinajstić information content (AvgIpc) is 2.99. The number of guanidine groups is 1. The fourth-order valence-electron chi connectivity index (χ4n) is 2.92. The van der Waals surface area contributed by atoms with Crippen molar-refractivity contribution >= 4 is 5.96 Å². The molecular formula is C18H35N7O2. The van der Waals surface area contributed by atoms with Gasteiger partial charge >= 0.3 is 0 Å². The molecule has 1 aliphatic rings. The predicted octanol–water partition coefficient (Wildman–Crippen LogP) is 0.306. The molecule has 1 aliphatic heterocycles. The molecule has 1 aromatic heterocycles. The van der Waals surface area contributed by atoms with E-state index in [1.807, 2.05) is 18.5 Å². The summed E-state index contributed by atoms with van der Waals surface area (Å²) in [7, 11) is 3.68. The van der Waals surface area contributed by atoms with Crippen LogP contribution < -0.4 is 10.6 Å². The van der Waals surface area contributed by atoms with Crippen LogP contribution in [0.2, 0.25) is 0 Å². The smallest absolute Gasteiger partial charge is 0.191 e. The molecule has 0 spiro atoms. The van der Waals surface area contributed by atoms with Gasteiger partial charge in [-0.3, -0.25) is 4.90 Å². The summed E-state index contributed by atoms with van der Waals surface area (Å²) in [5.41, 5.74) is 0.0140. The number of ether oxygens (including phenoxy) is 2. The van der Waals surface area contributed by atoms with Gasteiger partial charge in [-0.25, -0.2) is 4.99 Å². The third-order valence-electron chi connectivity index (χ3n) is 4.93. The van der Waals surface area contributed by atoms with Crippen molar-refractivity contribution in [2.75, 3.05) is 53.1 Å². The van der Waals surface area contributed by atoms with E-state index in [-0.39, 0.29) is 5.54 Å². The average molecular weight is 382 g/mol. The minimum absolute atomic E-state index is 0.0140. The summed E-state index contributed by atoms with van der Waals surface area (Å²) in [6, 6.07) is 0. The van der Waals surface area contributed by atoms with Crippen molar-refractivity contribution < 1.29 is 9.47 Å². The maximum Gasteiger partial charge on any atom is 0.191 e. The minimum atomic E-state index is 0.0140. The Balaban J connectivity index is 1.95. The van der Waals surface area contributed by atoms with Crippen LogP contribution in [0.3, 0.4) is 0 Å². The number of nitrogens with zero attached hydrogens (tertiary/aromatic N) is 5. The molecule has 0 unspecified atom stereocenters. The quantitative estimate of drug-likeness (QED) is 0.361. The number of nitrogens with one attached hydrogen (secondary N) is 2. The van der Waals surface area contributed by atoms with Gasteiger partial charge in [0, 0.05) is 52.5 Å². The van der Waals surface area contributed by atoms with Crippen molar-refractivity contribution in [2.45, 2.75) is 39.3 Å². The number of aromatic nitrogens is 3. The van der Waals surface area contributed by atoms with Crippen molar-refractivity contribution in [3.05, 3.63) is 11.6 Å². The van der Waals surface area contributed by atoms with E-state index in [2.05, 4.69) is 39.6 Å². The van der Waals surface area contributed by atoms with Crippen LogP contribution in [0.25, 0.3) is 0 Å². The maximum atomic E-state index is 5.47. The molecule has 1 saturated heterocycles.